The summed E-state index contributed by atoms with van der Waals surface area (Å²) in [6.45, 7) is 1.93. The average Bonchev–Trinajstić information content (AvgIpc) is 2.77. The van der Waals surface area contributed by atoms with Gasteiger partial charge in [-0.3, -0.25) is 9.21 Å². The molecule has 32 heavy (non-hydrogen) atoms. The predicted molar refractivity (Wildman–Crippen MR) is 122 cm³/mol. The summed E-state index contributed by atoms with van der Waals surface area (Å²) in [5, 5.41) is 0.447. The van der Waals surface area contributed by atoms with Crippen LogP contribution in [0, 0.1) is 11.6 Å². The van der Waals surface area contributed by atoms with Gasteiger partial charge in [0.2, 0.25) is 0 Å². The van der Waals surface area contributed by atoms with Gasteiger partial charge in [-0.25, -0.2) is 17.2 Å². The Hall–Kier alpha value is -2.48. The summed E-state index contributed by atoms with van der Waals surface area (Å²) < 4.78 is 55.6. The summed E-state index contributed by atoms with van der Waals surface area (Å²) in [4.78, 5) is 2.32. The monoisotopic (exact) mass is 476 g/mol. The lowest BCUT2D eigenvalue weighted by molar-refractivity contribution is 0.206. The summed E-state index contributed by atoms with van der Waals surface area (Å²) in [6.07, 6.45) is 1.19. The molecular weight excluding hydrogens is 454 g/mol. The van der Waals surface area contributed by atoms with E-state index in [0.717, 1.165) is 5.56 Å². The highest BCUT2D eigenvalue weighted by molar-refractivity contribution is 7.92. The van der Waals surface area contributed by atoms with E-state index in [1.165, 1.54) is 52.8 Å². The summed E-state index contributed by atoms with van der Waals surface area (Å²) in [6, 6.07) is 17.8. The lowest BCUT2D eigenvalue weighted by atomic mass is 10.0. The van der Waals surface area contributed by atoms with E-state index in [2.05, 4.69) is 4.90 Å². The van der Waals surface area contributed by atoms with Gasteiger partial charge in [0.1, 0.15) is 11.6 Å². The van der Waals surface area contributed by atoms with Crippen LogP contribution in [0.2, 0.25) is 5.02 Å². The van der Waals surface area contributed by atoms with Crippen LogP contribution < -0.4 is 4.31 Å². The molecule has 0 saturated carbocycles. The number of halogens is 3. The van der Waals surface area contributed by atoms with Crippen LogP contribution in [0.5, 0.6) is 0 Å². The Kier molecular flexibility index (Phi) is 6.79. The molecule has 1 aliphatic heterocycles. The van der Waals surface area contributed by atoms with Gasteiger partial charge in [-0.05, 0) is 79.1 Å². The zero-order valence-corrected chi connectivity index (χ0v) is 18.9. The fourth-order valence-corrected chi connectivity index (χ4v) is 5.90. The van der Waals surface area contributed by atoms with Crippen LogP contribution in [0.25, 0.3) is 0 Å². The molecule has 0 radical (unpaired) electrons. The van der Waals surface area contributed by atoms with Crippen LogP contribution in [0.4, 0.5) is 14.5 Å². The molecule has 4 rings (SSSR count). The molecule has 0 amide bonds. The molecule has 0 N–H and O–H groups in total. The molecule has 3 aromatic rings. The summed E-state index contributed by atoms with van der Waals surface area (Å²) in [5.74, 6) is -0.698. The lowest BCUT2D eigenvalue weighted by Crippen LogP contribution is -2.47. The van der Waals surface area contributed by atoms with Crippen molar-refractivity contribution in [2.24, 2.45) is 0 Å². The Morgan fingerprint density at radius 2 is 1.56 bits per heavy atom. The van der Waals surface area contributed by atoms with E-state index in [4.69, 9.17) is 11.6 Å². The molecule has 0 aromatic heterocycles. The van der Waals surface area contributed by atoms with Crippen molar-refractivity contribution in [3.63, 3.8) is 0 Å². The second-order valence-electron chi connectivity index (χ2n) is 7.87. The number of benzene rings is 3. The van der Waals surface area contributed by atoms with Gasteiger partial charge in [0, 0.05) is 30.7 Å². The quantitative estimate of drug-likeness (QED) is 0.473. The molecule has 1 fully saturated rings. The molecule has 0 bridgehead atoms. The maximum Gasteiger partial charge on any atom is 0.264 e. The first-order valence-electron chi connectivity index (χ1n) is 10.4. The van der Waals surface area contributed by atoms with Crippen molar-refractivity contribution in [3.05, 3.63) is 95.0 Å². The first kappa shape index (κ1) is 22.7. The number of hydrogen-bond donors (Lipinski definition) is 0. The molecule has 0 spiro atoms. The van der Waals surface area contributed by atoms with Crippen molar-refractivity contribution in [2.45, 2.75) is 30.3 Å². The second kappa shape index (κ2) is 9.57. The van der Waals surface area contributed by atoms with Crippen LogP contribution in [0.1, 0.15) is 18.4 Å². The van der Waals surface area contributed by atoms with Crippen molar-refractivity contribution in [1.82, 2.24) is 4.90 Å². The molecule has 168 valence electrons. The Morgan fingerprint density at radius 1 is 0.906 bits per heavy atom. The van der Waals surface area contributed by atoms with Crippen molar-refractivity contribution in [3.8, 4) is 0 Å². The van der Waals surface area contributed by atoms with E-state index >= 15 is 0 Å². The number of nitrogens with zero attached hydrogens (tertiary/aromatic N) is 2. The van der Waals surface area contributed by atoms with Crippen LogP contribution in [-0.4, -0.2) is 32.4 Å². The standard InChI is InChI=1S/C24H23ClF2N2O2S/c25-19-4-10-24(11-5-19)32(30,31)29(22-8-6-20(26)7-9-22)23-12-14-28(15-13-23)17-18-2-1-3-21(27)16-18/h1-11,16,23H,12-15,17H2. The minimum absolute atomic E-state index is 0.133. The first-order valence-corrected chi connectivity index (χ1v) is 12.2. The number of likely N-dealkylation sites (tertiary alicyclic amines) is 1. The first-order chi connectivity index (χ1) is 15.3. The summed E-state index contributed by atoms with van der Waals surface area (Å²) in [5.41, 5.74) is 1.30. The zero-order valence-electron chi connectivity index (χ0n) is 17.3. The number of piperidine rings is 1. The highest BCUT2D eigenvalue weighted by Crippen LogP contribution is 2.31. The fraction of sp³-hybridized carbons (Fsp3) is 0.250. The highest BCUT2D eigenvalue weighted by Gasteiger charge is 2.34. The van der Waals surface area contributed by atoms with Crippen molar-refractivity contribution in [1.29, 1.82) is 0 Å². The topological polar surface area (TPSA) is 40.6 Å². The van der Waals surface area contributed by atoms with Gasteiger partial charge >= 0.3 is 0 Å². The molecule has 8 heteroatoms. The third-order valence-corrected chi connectivity index (χ3v) is 7.78. The third-order valence-electron chi connectivity index (χ3n) is 5.64. The fourth-order valence-electron chi connectivity index (χ4n) is 4.06. The van der Waals surface area contributed by atoms with E-state index in [0.29, 0.717) is 43.2 Å². The lowest BCUT2D eigenvalue weighted by Gasteiger charge is -2.39. The van der Waals surface area contributed by atoms with E-state index in [-0.39, 0.29) is 16.8 Å². The number of hydrogen-bond acceptors (Lipinski definition) is 3. The number of sulfonamides is 1. The highest BCUT2D eigenvalue weighted by atomic mass is 35.5. The van der Waals surface area contributed by atoms with Crippen LogP contribution in [-0.2, 0) is 16.6 Å². The van der Waals surface area contributed by atoms with E-state index in [1.807, 2.05) is 6.07 Å². The van der Waals surface area contributed by atoms with Crippen molar-refractivity contribution in [2.75, 3.05) is 17.4 Å². The van der Waals surface area contributed by atoms with E-state index in [1.54, 1.807) is 18.2 Å². The molecule has 1 saturated heterocycles. The molecule has 3 aromatic carbocycles. The molecule has 1 aliphatic rings. The molecule has 4 nitrogen and oxygen atoms in total. The minimum Gasteiger partial charge on any atom is -0.299 e. The van der Waals surface area contributed by atoms with Gasteiger partial charge in [-0.2, -0.15) is 0 Å². The van der Waals surface area contributed by atoms with E-state index in [9.17, 15) is 17.2 Å². The maximum absolute atomic E-state index is 13.6. The van der Waals surface area contributed by atoms with Crippen LogP contribution >= 0.6 is 11.6 Å². The minimum atomic E-state index is -3.88. The molecule has 0 aliphatic carbocycles. The van der Waals surface area contributed by atoms with Crippen molar-refractivity contribution >= 4 is 27.3 Å². The predicted octanol–water partition coefficient (Wildman–Crippen LogP) is 5.48. The molecular formula is C24H23ClF2N2O2S. The molecule has 0 atom stereocenters. The third kappa shape index (κ3) is 5.11. The van der Waals surface area contributed by atoms with Crippen LogP contribution in [0.15, 0.2) is 77.7 Å². The van der Waals surface area contributed by atoms with E-state index < -0.39 is 15.8 Å². The van der Waals surface area contributed by atoms with Gasteiger partial charge in [0.05, 0.1) is 10.6 Å². The van der Waals surface area contributed by atoms with Gasteiger partial charge in [-0.15, -0.1) is 0 Å². The van der Waals surface area contributed by atoms with Gasteiger partial charge < -0.3 is 0 Å². The molecule has 0 unspecified atom stereocenters. The average molecular weight is 477 g/mol. The largest absolute Gasteiger partial charge is 0.299 e. The van der Waals surface area contributed by atoms with Gasteiger partial charge in [0.15, 0.2) is 0 Å². The molecule has 1 heterocycles. The maximum atomic E-state index is 13.6. The summed E-state index contributed by atoms with van der Waals surface area (Å²) >= 11 is 5.94. The number of rotatable bonds is 6. The van der Waals surface area contributed by atoms with Gasteiger partial charge in [-0.1, -0.05) is 23.7 Å². The second-order valence-corrected chi connectivity index (χ2v) is 10.1. The Balaban J connectivity index is 1.57. The zero-order chi connectivity index (χ0) is 22.7. The van der Waals surface area contributed by atoms with Crippen LogP contribution in [0.3, 0.4) is 0 Å². The SMILES string of the molecule is O=S(=O)(c1ccc(Cl)cc1)N(c1ccc(F)cc1)C1CCN(Cc2cccc(F)c2)CC1. The Bertz CT molecular complexity index is 1160. The smallest absolute Gasteiger partial charge is 0.264 e. The van der Waals surface area contributed by atoms with Crippen molar-refractivity contribution < 1.29 is 17.2 Å². The van der Waals surface area contributed by atoms with Gasteiger partial charge in [0.25, 0.3) is 10.0 Å². The Labute approximate surface area is 192 Å². The summed E-state index contributed by atoms with van der Waals surface area (Å²) in [7, 11) is -3.88. The normalized spacial score (nSPS) is 15.6. The number of anilines is 1. The Morgan fingerprint density at radius 3 is 2.19 bits per heavy atom.